The van der Waals surface area contributed by atoms with Crippen molar-refractivity contribution >= 4 is 15.7 Å². The van der Waals surface area contributed by atoms with Crippen LogP contribution in [0.1, 0.15) is 24.1 Å². The standard InChI is InChI=1S/C19H25N5O2S/c1-14(16-4-3-15-5-10-26-18(15)11-16)23-6-8-24(9-7-23)19-21-12-17(13-22-19)27(2,20)25/h3-4,11-14,20H,5-10H2,1-2H3/t14-,27?/m0/s1. The van der Waals surface area contributed by atoms with E-state index in [9.17, 15) is 4.21 Å². The number of hydrogen-bond acceptors (Lipinski definition) is 7. The Balaban J connectivity index is 1.40. The summed E-state index contributed by atoms with van der Waals surface area (Å²) in [4.78, 5) is 13.6. The van der Waals surface area contributed by atoms with E-state index in [1.807, 2.05) is 0 Å². The van der Waals surface area contributed by atoms with Crippen molar-refractivity contribution in [3.63, 3.8) is 0 Å². The van der Waals surface area contributed by atoms with Gasteiger partial charge in [0.25, 0.3) is 0 Å². The lowest BCUT2D eigenvalue weighted by Crippen LogP contribution is -2.47. The van der Waals surface area contributed by atoms with Gasteiger partial charge in [0.2, 0.25) is 5.95 Å². The highest BCUT2D eigenvalue weighted by molar-refractivity contribution is 7.91. The van der Waals surface area contributed by atoms with Gasteiger partial charge in [-0.15, -0.1) is 0 Å². The number of hydrogen-bond donors (Lipinski definition) is 1. The summed E-state index contributed by atoms with van der Waals surface area (Å²) in [5.41, 5.74) is 2.60. The Kier molecular flexibility index (Phi) is 4.77. The van der Waals surface area contributed by atoms with E-state index in [4.69, 9.17) is 9.52 Å². The zero-order valence-electron chi connectivity index (χ0n) is 15.7. The smallest absolute Gasteiger partial charge is 0.225 e. The summed E-state index contributed by atoms with van der Waals surface area (Å²) < 4.78 is 25.1. The number of fused-ring (bicyclic) bond motifs is 1. The molecule has 4 rings (SSSR count). The highest BCUT2D eigenvalue weighted by Crippen LogP contribution is 2.31. The summed E-state index contributed by atoms with van der Waals surface area (Å²) in [5, 5.41) is 0. The first kappa shape index (κ1) is 18.2. The second-order valence-electron chi connectivity index (χ2n) is 7.23. The minimum Gasteiger partial charge on any atom is -0.493 e. The fraction of sp³-hybridized carbons (Fsp3) is 0.474. The van der Waals surface area contributed by atoms with Crippen LogP contribution in [-0.4, -0.2) is 58.1 Å². The van der Waals surface area contributed by atoms with E-state index < -0.39 is 9.73 Å². The highest BCUT2D eigenvalue weighted by Gasteiger charge is 2.24. The van der Waals surface area contributed by atoms with Gasteiger partial charge in [-0.05, 0) is 24.1 Å². The molecule has 2 aliphatic heterocycles. The third-order valence-electron chi connectivity index (χ3n) is 5.41. The Morgan fingerprint density at radius 1 is 1.19 bits per heavy atom. The molecule has 0 amide bonds. The molecule has 1 unspecified atom stereocenters. The molecule has 7 nitrogen and oxygen atoms in total. The highest BCUT2D eigenvalue weighted by atomic mass is 32.2. The largest absolute Gasteiger partial charge is 0.493 e. The zero-order valence-corrected chi connectivity index (χ0v) is 16.5. The number of benzene rings is 1. The van der Waals surface area contributed by atoms with Crippen LogP contribution in [-0.2, 0) is 16.1 Å². The molecule has 0 bridgehead atoms. The molecule has 2 atom stereocenters. The van der Waals surface area contributed by atoms with E-state index >= 15 is 0 Å². The second-order valence-corrected chi connectivity index (χ2v) is 9.39. The Morgan fingerprint density at radius 2 is 1.89 bits per heavy atom. The van der Waals surface area contributed by atoms with Crippen molar-refractivity contribution in [3.05, 3.63) is 41.7 Å². The van der Waals surface area contributed by atoms with Gasteiger partial charge in [0.1, 0.15) is 5.75 Å². The first-order valence-electron chi connectivity index (χ1n) is 9.22. The molecule has 8 heteroatoms. The van der Waals surface area contributed by atoms with Gasteiger partial charge < -0.3 is 9.64 Å². The Labute approximate surface area is 160 Å². The number of nitrogens with one attached hydrogen (secondary N) is 1. The minimum atomic E-state index is -2.77. The summed E-state index contributed by atoms with van der Waals surface area (Å²) in [5.74, 6) is 1.68. The van der Waals surface area contributed by atoms with Crippen molar-refractivity contribution in [2.24, 2.45) is 0 Å². The van der Waals surface area contributed by atoms with Crippen LogP contribution in [0, 0.1) is 4.78 Å². The maximum atomic E-state index is 11.8. The normalized spacial score (nSPS) is 20.6. The number of ether oxygens (including phenoxy) is 1. The van der Waals surface area contributed by atoms with Crippen LogP contribution in [0.25, 0.3) is 0 Å². The molecule has 1 N–H and O–H groups in total. The Hall–Kier alpha value is -2.19. The number of anilines is 1. The van der Waals surface area contributed by atoms with Crippen LogP contribution >= 0.6 is 0 Å². The summed E-state index contributed by atoms with van der Waals surface area (Å²) in [6.07, 6.45) is 5.42. The number of aromatic nitrogens is 2. The molecular formula is C19H25N5O2S. The lowest BCUT2D eigenvalue weighted by atomic mass is 10.0. The maximum Gasteiger partial charge on any atom is 0.225 e. The Morgan fingerprint density at radius 3 is 2.56 bits per heavy atom. The average molecular weight is 388 g/mol. The molecule has 2 aliphatic rings. The van der Waals surface area contributed by atoms with Gasteiger partial charge in [0, 0.05) is 57.3 Å². The predicted octanol–water partition coefficient (Wildman–Crippen LogP) is 2.33. The van der Waals surface area contributed by atoms with Crippen LogP contribution in [0.2, 0.25) is 0 Å². The van der Waals surface area contributed by atoms with Gasteiger partial charge in [-0.3, -0.25) is 4.90 Å². The van der Waals surface area contributed by atoms with Crippen LogP contribution in [0.15, 0.2) is 35.5 Å². The van der Waals surface area contributed by atoms with E-state index in [1.165, 1.54) is 29.8 Å². The molecule has 1 aromatic carbocycles. The SMILES string of the molecule is C[C@@H](c1ccc2c(c1)OCC2)N1CCN(c2ncc(S(C)(=N)=O)cn2)CC1. The first-order valence-corrected chi connectivity index (χ1v) is 11.2. The van der Waals surface area contributed by atoms with Gasteiger partial charge in [0.15, 0.2) is 0 Å². The number of nitrogens with zero attached hydrogens (tertiary/aromatic N) is 4. The van der Waals surface area contributed by atoms with E-state index in [0.29, 0.717) is 16.9 Å². The van der Waals surface area contributed by atoms with Crippen molar-refractivity contribution in [2.75, 3.05) is 43.9 Å². The van der Waals surface area contributed by atoms with Gasteiger partial charge >= 0.3 is 0 Å². The third-order valence-corrected chi connectivity index (χ3v) is 6.52. The van der Waals surface area contributed by atoms with Crippen LogP contribution in [0.3, 0.4) is 0 Å². The molecule has 3 heterocycles. The first-order chi connectivity index (χ1) is 12.9. The maximum absolute atomic E-state index is 11.8. The van der Waals surface area contributed by atoms with Crippen molar-refractivity contribution in [1.29, 1.82) is 4.78 Å². The van der Waals surface area contributed by atoms with Gasteiger partial charge in [-0.1, -0.05) is 12.1 Å². The van der Waals surface area contributed by atoms with E-state index in [2.05, 4.69) is 44.9 Å². The molecule has 0 saturated carbocycles. The van der Waals surface area contributed by atoms with E-state index in [1.54, 1.807) is 0 Å². The van der Waals surface area contributed by atoms with Crippen LogP contribution < -0.4 is 9.64 Å². The minimum absolute atomic E-state index is 0.332. The summed E-state index contributed by atoms with van der Waals surface area (Å²) >= 11 is 0. The molecule has 1 saturated heterocycles. The summed E-state index contributed by atoms with van der Waals surface area (Å²) in [6, 6.07) is 6.93. The quantitative estimate of drug-likeness (QED) is 0.867. The lowest BCUT2D eigenvalue weighted by Gasteiger charge is -2.38. The van der Waals surface area contributed by atoms with Gasteiger partial charge in [-0.25, -0.2) is 19.0 Å². The Bertz CT molecular complexity index is 922. The molecule has 1 fully saturated rings. The molecule has 27 heavy (non-hydrogen) atoms. The van der Waals surface area contributed by atoms with Crippen LogP contribution in [0.4, 0.5) is 5.95 Å². The lowest BCUT2D eigenvalue weighted by molar-refractivity contribution is 0.197. The number of piperazine rings is 1. The molecule has 144 valence electrons. The average Bonchev–Trinajstić information content (AvgIpc) is 3.15. The number of rotatable bonds is 4. The van der Waals surface area contributed by atoms with E-state index in [0.717, 1.165) is 45.0 Å². The summed E-state index contributed by atoms with van der Waals surface area (Å²) in [6.45, 7) is 6.56. The topological polar surface area (TPSA) is 82.4 Å². The fourth-order valence-corrected chi connectivity index (χ4v) is 4.14. The molecule has 2 aromatic rings. The van der Waals surface area contributed by atoms with Gasteiger partial charge in [0.05, 0.1) is 21.2 Å². The monoisotopic (exact) mass is 387 g/mol. The summed E-state index contributed by atoms with van der Waals surface area (Å²) in [7, 11) is -2.77. The molecule has 0 spiro atoms. The van der Waals surface area contributed by atoms with Crippen molar-refractivity contribution < 1.29 is 8.95 Å². The predicted molar refractivity (Wildman–Crippen MR) is 105 cm³/mol. The molecule has 0 aliphatic carbocycles. The van der Waals surface area contributed by atoms with Gasteiger partial charge in [-0.2, -0.15) is 0 Å². The third kappa shape index (κ3) is 3.77. The van der Waals surface area contributed by atoms with Crippen LogP contribution in [0.5, 0.6) is 5.75 Å². The molecule has 1 aromatic heterocycles. The fourth-order valence-electron chi connectivity index (χ4n) is 3.64. The van der Waals surface area contributed by atoms with Crippen molar-refractivity contribution in [2.45, 2.75) is 24.3 Å². The van der Waals surface area contributed by atoms with Crippen molar-refractivity contribution in [3.8, 4) is 5.75 Å². The molecular weight excluding hydrogens is 362 g/mol. The second kappa shape index (κ2) is 7.09. The van der Waals surface area contributed by atoms with E-state index in [-0.39, 0.29) is 0 Å². The van der Waals surface area contributed by atoms with Crippen molar-refractivity contribution in [1.82, 2.24) is 14.9 Å². The molecule has 0 radical (unpaired) electrons. The zero-order chi connectivity index (χ0) is 19.0.